The summed E-state index contributed by atoms with van der Waals surface area (Å²) in [6.45, 7) is 3.00. The maximum Gasteiger partial charge on any atom is 0.0516 e. The second kappa shape index (κ2) is 10.5. The molecule has 0 radical (unpaired) electrons. The average molecular weight is 290 g/mol. The van der Waals surface area contributed by atoms with Crippen LogP contribution in [0.25, 0.3) is 0 Å². The lowest BCUT2D eigenvalue weighted by atomic mass is 10.1. The molecule has 1 aromatic rings. The summed E-state index contributed by atoms with van der Waals surface area (Å²) in [6.07, 6.45) is 8.65. The molecule has 0 bridgehead atoms. The minimum Gasteiger partial charge on any atom is -0.309 e. The molecule has 0 aromatic carbocycles. The molecule has 0 saturated heterocycles. The van der Waals surface area contributed by atoms with E-state index in [1.807, 2.05) is 18.5 Å². The van der Waals surface area contributed by atoms with Crippen molar-refractivity contribution < 1.29 is 0 Å². The molecule has 0 amide bonds. The maximum atomic E-state index is 4.45. The zero-order valence-electron chi connectivity index (χ0n) is 14.0. The molecule has 0 spiro atoms. The van der Waals surface area contributed by atoms with Gasteiger partial charge in [0.1, 0.15) is 0 Å². The van der Waals surface area contributed by atoms with E-state index in [0.29, 0.717) is 0 Å². The molecule has 21 heavy (non-hydrogen) atoms. The minimum absolute atomic E-state index is 0.842. The van der Waals surface area contributed by atoms with Crippen molar-refractivity contribution in [2.24, 2.45) is 4.99 Å². The number of hydrogen-bond donors (Lipinski definition) is 0. The van der Waals surface area contributed by atoms with Crippen LogP contribution in [-0.4, -0.2) is 68.8 Å². The molecule has 4 heteroatoms. The third-order valence-corrected chi connectivity index (χ3v) is 3.30. The van der Waals surface area contributed by atoms with Gasteiger partial charge in [-0.1, -0.05) is 6.42 Å². The first-order valence-corrected chi connectivity index (χ1v) is 7.82. The summed E-state index contributed by atoms with van der Waals surface area (Å²) in [5.41, 5.74) is 2.34. The van der Waals surface area contributed by atoms with Crippen LogP contribution in [0.4, 0.5) is 0 Å². The molecule has 0 fully saturated rings. The van der Waals surface area contributed by atoms with E-state index in [0.717, 1.165) is 25.1 Å². The molecule has 0 aliphatic carbocycles. The van der Waals surface area contributed by atoms with Gasteiger partial charge in [-0.05, 0) is 71.7 Å². The Balaban J connectivity index is 2.31. The summed E-state index contributed by atoms with van der Waals surface area (Å²) in [6, 6.07) is 4.18. The van der Waals surface area contributed by atoms with Crippen molar-refractivity contribution in [1.29, 1.82) is 0 Å². The third-order valence-electron chi connectivity index (χ3n) is 3.30. The Kier molecular flexibility index (Phi) is 8.87. The largest absolute Gasteiger partial charge is 0.309 e. The first kappa shape index (κ1) is 17.8. The highest BCUT2D eigenvalue weighted by molar-refractivity contribution is 5.79. The van der Waals surface area contributed by atoms with Gasteiger partial charge in [-0.25, -0.2) is 0 Å². The Bertz CT molecular complexity index is 413. The van der Waals surface area contributed by atoms with Gasteiger partial charge in [-0.2, -0.15) is 0 Å². The second-order valence-electron chi connectivity index (χ2n) is 6.03. The Morgan fingerprint density at radius 2 is 1.81 bits per heavy atom. The van der Waals surface area contributed by atoms with E-state index in [9.17, 15) is 0 Å². The zero-order chi connectivity index (χ0) is 15.5. The van der Waals surface area contributed by atoms with Crippen molar-refractivity contribution in [2.75, 3.05) is 47.8 Å². The van der Waals surface area contributed by atoms with Gasteiger partial charge in [0.05, 0.1) is 6.54 Å². The molecule has 1 rings (SSSR count). The van der Waals surface area contributed by atoms with E-state index >= 15 is 0 Å². The van der Waals surface area contributed by atoms with Crippen LogP contribution in [0.1, 0.15) is 30.5 Å². The lowest BCUT2D eigenvalue weighted by molar-refractivity contribution is 0.391. The first-order chi connectivity index (χ1) is 10.1. The van der Waals surface area contributed by atoms with Crippen LogP contribution >= 0.6 is 0 Å². The highest BCUT2D eigenvalue weighted by Crippen LogP contribution is 2.06. The van der Waals surface area contributed by atoms with Crippen LogP contribution in [0.3, 0.4) is 0 Å². The zero-order valence-corrected chi connectivity index (χ0v) is 14.0. The standard InChI is InChI=1S/C17H30N4/c1-20(2)12-7-5-6-8-17-14-16(9-10-19-17)15-18-11-13-21(3)4/h9-10,14-15H,5-8,11-13H2,1-4H3. The van der Waals surface area contributed by atoms with Gasteiger partial charge in [0.25, 0.3) is 0 Å². The number of rotatable bonds is 10. The van der Waals surface area contributed by atoms with Crippen LogP contribution < -0.4 is 0 Å². The number of pyridine rings is 1. The van der Waals surface area contributed by atoms with E-state index < -0.39 is 0 Å². The summed E-state index contributed by atoms with van der Waals surface area (Å²) < 4.78 is 0. The second-order valence-corrected chi connectivity index (χ2v) is 6.03. The van der Waals surface area contributed by atoms with Gasteiger partial charge in [0, 0.05) is 24.7 Å². The number of aryl methyl sites for hydroxylation is 1. The SMILES string of the molecule is CN(C)CCCCCc1cc(C=NCCN(C)C)ccn1. The first-order valence-electron chi connectivity index (χ1n) is 7.82. The number of unbranched alkanes of at least 4 members (excludes halogenated alkanes) is 2. The van der Waals surface area contributed by atoms with E-state index in [1.165, 1.54) is 31.5 Å². The fourth-order valence-electron chi connectivity index (χ4n) is 2.05. The van der Waals surface area contributed by atoms with Crippen LogP contribution in [0.2, 0.25) is 0 Å². The van der Waals surface area contributed by atoms with Crippen molar-refractivity contribution in [3.8, 4) is 0 Å². The van der Waals surface area contributed by atoms with Crippen molar-refractivity contribution in [3.63, 3.8) is 0 Å². The molecule has 0 aliphatic heterocycles. The average Bonchev–Trinajstić information content (AvgIpc) is 2.43. The van der Waals surface area contributed by atoms with Crippen molar-refractivity contribution in [2.45, 2.75) is 25.7 Å². The maximum absolute atomic E-state index is 4.45. The van der Waals surface area contributed by atoms with E-state index in [-0.39, 0.29) is 0 Å². The van der Waals surface area contributed by atoms with Crippen molar-refractivity contribution in [3.05, 3.63) is 29.6 Å². The molecule has 0 unspecified atom stereocenters. The fraction of sp³-hybridized carbons (Fsp3) is 0.647. The normalized spacial score (nSPS) is 11.9. The molecule has 0 aliphatic rings. The molecule has 1 aromatic heterocycles. The van der Waals surface area contributed by atoms with E-state index in [4.69, 9.17) is 0 Å². The highest BCUT2D eigenvalue weighted by Gasteiger charge is 1.97. The highest BCUT2D eigenvalue weighted by atomic mass is 15.1. The summed E-state index contributed by atoms with van der Waals surface area (Å²) in [7, 11) is 8.38. The van der Waals surface area contributed by atoms with Crippen LogP contribution in [-0.2, 0) is 6.42 Å². The molecule has 0 atom stereocenters. The number of likely N-dealkylation sites (N-methyl/N-ethyl adjacent to an activating group) is 1. The van der Waals surface area contributed by atoms with E-state index in [2.05, 4.69) is 54.0 Å². The smallest absolute Gasteiger partial charge is 0.0516 e. The monoisotopic (exact) mass is 290 g/mol. The Labute approximate surface area is 129 Å². The Hall–Kier alpha value is -1.26. The van der Waals surface area contributed by atoms with Gasteiger partial charge >= 0.3 is 0 Å². The predicted molar refractivity (Wildman–Crippen MR) is 91.4 cm³/mol. The summed E-state index contributed by atoms with van der Waals surface area (Å²) in [5, 5.41) is 0. The van der Waals surface area contributed by atoms with Crippen molar-refractivity contribution in [1.82, 2.24) is 14.8 Å². The summed E-state index contributed by atoms with van der Waals surface area (Å²) >= 11 is 0. The van der Waals surface area contributed by atoms with Crippen LogP contribution in [0, 0.1) is 0 Å². The van der Waals surface area contributed by atoms with Gasteiger partial charge < -0.3 is 9.80 Å². The lowest BCUT2D eigenvalue weighted by Crippen LogP contribution is -2.15. The molecule has 0 N–H and O–H groups in total. The molecule has 4 nitrogen and oxygen atoms in total. The lowest BCUT2D eigenvalue weighted by Gasteiger charge is -2.08. The fourth-order valence-corrected chi connectivity index (χ4v) is 2.05. The Morgan fingerprint density at radius 3 is 2.52 bits per heavy atom. The molecule has 118 valence electrons. The third kappa shape index (κ3) is 9.32. The molecular formula is C17H30N4. The number of aromatic nitrogens is 1. The van der Waals surface area contributed by atoms with Gasteiger partial charge in [0.15, 0.2) is 0 Å². The minimum atomic E-state index is 0.842. The topological polar surface area (TPSA) is 31.7 Å². The summed E-state index contributed by atoms with van der Waals surface area (Å²) in [4.78, 5) is 13.3. The van der Waals surface area contributed by atoms with E-state index in [1.54, 1.807) is 0 Å². The Morgan fingerprint density at radius 1 is 1.05 bits per heavy atom. The molecular weight excluding hydrogens is 260 g/mol. The van der Waals surface area contributed by atoms with Gasteiger partial charge in [-0.15, -0.1) is 0 Å². The molecule has 0 saturated carbocycles. The van der Waals surface area contributed by atoms with Gasteiger partial charge in [-0.3, -0.25) is 9.98 Å². The van der Waals surface area contributed by atoms with Crippen LogP contribution in [0.15, 0.2) is 23.3 Å². The number of aliphatic imine (C=N–C) groups is 1. The quantitative estimate of drug-likeness (QED) is 0.490. The molecule has 1 heterocycles. The van der Waals surface area contributed by atoms with Crippen LogP contribution in [0.5, 0.6) is 0 Å². The van der Waals surface area contributed by atoms with Gasteiger partial charge in [0.2, 0.25) is 0 Å². The predicted octanol–water partition coefficient (Wildman–Crippen LogP) is 2.34. The number of nitrogens with zero attached hydrogens (tertiary/aromatic N) is 4. The number of hydrogen-bond acceptors (Lipinski definition) is 4. The summed E-state index contributed by atoms with van der Waals surface area (Å²) in [5.74, 6) is 0. The van der Waals surface area contributed by atoms with Crippen molar-refractivity contribution >= 4 is 6.21 Å².